The molecule has 10 nitrogen and oxygen atoms in total. The highest BCUT2D eigenvalue weighted by molar-refractivity contribution is 5.97. The summed E-state index contributed by atoms with van der Waals surface area (Å²) in [5, 5.41) is 17.9. The van der Waals surface area contributed by atoms with Gasteiger partial charge in [-0.15, -0.1) is 0 Å². The van der Waals surface area contributed by atoms with Crippen LogP contribution in [-0.4, -0.2) is 53.6 Å². The van der Waals surface area contributed by atoms with E-state index in [4.69, 9.17) is 0 Å². The average Bonchev–Trinajstić information content (AvgIpc) is 3.36. The third-order valence-electron chi connectivity index (χ3n) is 6.61. The van der Waals surface area contributed by atoms with Crippen LogP contribution in [0.4, 0.5) is 0 Å². The number of nitrogens with one attached hydrogen (secondary N) is 1. The van der Waals surface area contributed by atoms with Gasteiger partial charge in [-0.3, -0.25) is 23.9 Å². The fourth-order valence-corrected chi connectivity index (χ4v) is 4.76. The topological polar surface area (TPSA) is 122 Å². The summed E-state index contributed by atoms with van der Waals surface area (Å²) in [7, 11) is 0. The number of carbonyl (C=O) groups excluding carboxylic acids is 2. The fourth-order valence-electron chi connectivity index (χ4n) is 4.76. The van der Waals surface area contributed by atoms with Gasteiger partial charge in [-0.25, -0.2) is 0 Å². The van der Waals surface area contributed by atoms with Crippen molar-refractivity contribution < 1.29 is 14.7 Å². The van der Waals surface area contributed by atoms with E-state index in [1.807, 2.05) is 30.9 Å². The Morgan fingerprint density at radius 2 is 2.06 bits per heavy atom. The van der Waals surface area contributed by atoms with Crippen LogP contribution < -0.4 is 10.9 Å². The van der Waals surface area contributed by atoms with E-state index in [0.717, 1.165) is 31.2 Å². The van der Waals surface area contributed by atoms with Crippen molar-refractivity contribution in [1.82, 2.24) is 29.4 Å². The van der Waals surface area contributed by atoms with E-state index in [1.165, 1.54) is 21.4 Å². The number of rotatable bonds is 7. The van der Waals surface area contributed by atoms with Crippen molar-refractivity contribution >= 4 is 23.5 Å². The zero-order valence-corrected chi connectivity index (χ0v) is 20.4. The van der Waals surface area contributed by atoms with Gasteiger partial charge in [-0.1, -0.05) is 19.9 Å². The molecule has 1 aliphatic carbocycles. The van der Waals surface area contributed by atoms with Crippen LogP contribution in [0.5, 0.6) is 5.88 Å². The molecule has 0 spiro atoms. The lowest BCUT2D eigenvalue weighted by molar-refractivity contribution is -0.126. The van der Waals surface area contributed by atoms with Crippen molar-refractivity contribution in [2.75, 3.05) is 6.54 Å². The molecule has 0 bridgehead atoms. The smallest absolute Gasteiger partial charge is 0.270 e. The van der Waals surface area contributed by atoms with Crippen molar-refractivity contribution in [2.24, 2.45) is 5.92 Å². The van der Waals surface area contributed by atoms with E-state index in [-0.39, 0.29) is 29.5 Å². The summed E-state index contributed by atoms with van der Waals surface area (Å²) in [4.78, 5) is 45.2. The SMILES string of the molecule is CC(C)Cn1c(=O)c(C(=O)NC2CC2)c(O)n2ncc(/C=C/C(=O)N3CCC[C@H]3c3cccnc3)c12. The Hall–Kier alpha value is -3.95. The molecule has 0 radical (unpaired) electrons. The van der Waals surface area contributed by atoms with Crippen LogP contribution in [0.25, 0.3) is 11.7 Å². The minimum atomic E-state index is -0.599. The second-order valence-electron chi connectivity index (χ2n) is 9.90. The number of aromatic hydroxyl groups is 1. The molecule has 36 heavy (non-hydrogen) atoms. The number of aromatic nitrogens is 4. The second kappa shape index (κ2) is 9.60. The monoisotopic (exact) mass is 490 g/mol. The van der Waals surface area contributed by atoms with Crippen LogP contribution in [-0.2, 0) is 11.3 Å². The molecule has 0 aromatic carbocycles. The van der Waals surface area contributed by atoms with Crippen molar-refractivity contribution in [3.8, 4) is 5.88 Å². The van der Waals surface area contributed by atoms with Gasteiger partial charge in [0, 0.05) is 43.2 Å². The van der Waals surface area contributed by atoms with E-state index in [2.05, 4.69) is 15.4 Å². The maximum Gasteiger partial charge on any atom is 0.270 e. The molecule has 5 rings (SSSR count). The summed E-state index contributed by atoms with van der Waals surface area (Å²) in [5.74, 6) is -1.16. The lowest BCUT2D eigenvalue weighted by Crippen LogP contribution is -2.36. The third kappa shape index (κ3) is 4.50. The summed E-state index contributed by atoms with van der Waals surface area (Å²) in [6.07, 6.45) is 11.6. The fraction of sp³-hybridized carbons (Fsp3) is 0.423. The van der Waals surface area contributed by atoms with Crippen molar-refractivity contribution in [3.05, 3.63) is 63.8 Å². The maximum atomic E-state index is 13.4. The molecular formula is C26H30N6O4. The van der Waals surface area contributed by atoms with E-state index >= 15 is 0 Å². The lowest BCUT2D eigenvalue weighted by Gasteiger charge is -2.23. The lowest BCUT2D eigenvalue weighted by atomic mass is 10.1. The van der Waals surface area contributed by atoms with Crippen LogP contribution in [0.15, 0.2) is 41.6 Å². The molecule has 3 aromatic heterocycles. The van der Waals surface area contributed by atoms with Gasteiger partial charge in [0.1, 0.15) is 5.65 Å². The predicted octanol–water partition coefficient (Wildman–Crippen LogP) is 2.52. The van der Waals surface area contributed by atoms with Crippen LogP contribution in [0.3, 0.4) is 0 Å². The van der Waals surface area contributed by atoms with Gasteiger partial charge < -0.3 is 15.3 Å². The normalized spacial score (nSPS) is 18.0. The summed E-state index contributed by atoms with van der Waals surface area (Å²) < 4.78 is 2.65. The van der Waals surface area contributed by atoms with E-state index in [9.17, 15) is 19.5 Å². The summed E-state index contributed by atoms with van der Waals surface area (Å²) in [6, 6.07) is 3.84. The molecule has 2 fully saturated rings. The second-order valence-corrected chi connectivity index (χ2v) is 9.90. The van der Waals surface area contributed by atoms with Gasteiger partial charge >= 0.3 is 0 Å². The number of fused-ring (bicyclic) bond motifs is 1. The molecule has 1 saturated heterocycles. The number of hydrogen-bond donors (Lipinski definition) is 2. The Morgan fingerprint density at radius 1 is 1.25 bits per heavy atom. The van der Waals surface area contributed by atoms with E-state index in [1.54, 1.807) is 18.5 Å². The Balaban J connectivity index is 1.50. The zero-order valence-electron chi connectivity index (χ0n) is 20.4. The van der Waals surface area contributed by atoms with Gasteiger partial charge in [0.15, 0.2) is 5.56 Å². The number of carbonyl (C=O) groups is 2. The quantitative estimate of drug-likeness (QED) is 0.491. The molecule has 188 valence electrons. The largest absolute Gasteiger partial charge is 0.492 e. The molecule has 2 amide bonds. The number of likely N-dealkylation sites (tertiary alicyclic amines) is 1. The molecule has 3 aromatic rings. The number of pyridine rings is 1. The Bertz CT molecular complexity index is 1390. The summed E-state index contributed by atoms with van der Waals surface area (Å²) in [5.41, 5.74) is 0.942. The molecule has 0 unspecified atom stereocenters. The molecule has 10 heteroatoms. The number of nitrogens with zero attached hydrogens (tertiary/aromatic N) is 5. The first-order chi connectivity index (χ1) is 17.3. The van der Waals surface area contributed by atoms with E-state index in [0.29, 0.717) is 24.3 Å². The maximum absolute atomic E-state index is 13.4. The van der Waals surface area contributed by atoms with E-state index < -0.39 is 17.3 Å². The average molecular weight is 491 g/mol. The van der Waals surface area contributed by atoms with Crippen LogP contribution in [0.2, 0.25) is 0 Å². The third-order valence-corrected chi connectivity index (χ3v) is 6.61. The summed E-state index contributed by atoms with van der Waals surface area (Å²) in [6.45, 7) is 4.89. The number of amides is 2. The van der Waals surface area contributed by atoms with Gasteiger partial charge in [0.25, 0.3) is 11.5 Å². The van der Waals surface area contributed by atoms with Crippen LogP contribution in [0.1, 0.15) is 67.1 Å². The predicted molar refractivity (Wildman–Crippen MR) is 133 cm³/mol. The Labute approximate surface area is 208 Å². The first-order valence-corrected chi connectivity index (χ1v) is 12.4. The van der Waals surface area contributed by atoms with Crippen molar-refractivity contribution in [2.45, 2.75) is 58.2 Å². The highest BCUT2D eigenvalue weighted by Gasteiger charge is 2.31. The molecular weight excluding hydrogens is 460 g/mol. The van der Waals surface area contributed by atoms with Crippen molar-refractivity contribution in [1.29, 1.82) is 0 Å². The first-order valence-electron chi connectivity index (χ1n) is 12.4. The highest BCUT2D eigenvalue weighted by Crippen LogP contribution is 2.32. The number of hydrogen-bond acceptors (Lipinski definition) is 6. The summed E-state index contributed by atoms with van der Waals surface area (Å²) >= 11 is 0. The van der Waals surface area contributed by atoms with Crippen LogP contribution in [0, 0.1) is 5.92 Å². The first kappa shape index (κ1) is 23.8. The molecule has 1 atom stereocenters. The minimum absolute atomic E-state index is 0.0320. The van der Waals surface area contributed by atoms with Crippen LogP contribution >= 0.6 is 0 Å². The standard InChI is InChI=1S/C26H30N6O4/c1-16(2)15-31-24-18(7-10-21(33)30-12-4-6-20(30)17-5-3-11-27-13-17)14-28-32(24)26(36)22(25(31)35)23(34)29-19-8-9-19/h3,5,7,10-11,13-14,16,19-20,36H,4,6,8-9,12,15H2,1-2H3,(H,29,34)/b10-7+/t20-/m0/s1. The van der Waals surface area contributed by atoms with Crippen molar-refractivity contribution in [3.63, 3.8) is 0 Å². The van der Waals surface area contributed by atoms with Gasteiger partial charge in [0.2, 0.25) is 11.8 Å². The Morgan fingerprint density at radius 3 is 2.75 bits per heavy atom. The minimum Gasteiger partial charge on any atom is -0.492 e. The Kier molecular flexibility index (Phi) is 6.34. The van der Waals surface area contributed by atoms with Gasteiger partial charge in [-0.2, -0.15) is 9.61 Å². The molecule has 4 heterocycles. The zero-order chi connectivity index (χ0) is 25.4. The molecule has 1 aliphatic heterocycles. The van der Waals surface area contributed by atoms with Gasteiger partial charge in [-0.05, 0) is 49.3 Å². The molecule has 2 N–H and O–H groups in total. The molecule has 2 aliphatic rings. The van der Waals surface area contributed by atoms with Gasteiger partial charge in [0.05, 0.1) is 12.2 Å². The molecule has 1 saturated carbocycles. The highest BCUT2D eigenvalue weighted by atomic mass is 16.3.